The minimum atomic E-state index is -0.0786. The van der Waals surface area contributed by atoms with Crippen molar-refractivity contribution < 1.29 is 14.3 Å². The van der Waals surface area contributed by atoms with Gasteiger partial charge in [0.15, 0.2) is 11.5 Å². The first-order valence-corrected chi connectivity index (χ1v) is 13.4. The second-order valence-electron chi connectivity index (χ2n) is 8.86. The van der Waals surface area contributed by atoms with Crippen LogP contribution < -0.4 is 9.47 Å². The molecule has 4 nitrogen and oxygen atoms in total. The van der Waals surface area contributed by atoms with E-state index in [-0.39, 0.29) is 5.91 Å². The SMILES string of the molecule is CCOc1cc(/C=C2\SC(=S)N(Cc3ccc(C)cc3)C2=O)ccc1OCc1ccc2ccccc2c1. The van der Waals surface area contributed by atoms with Crippen LogP contribution in [0.3, 0.4) is 0 Å². The second-order valence-corrected chi connectivity index (χ2v) is 10.5. The summed E-state index contributed by atoms with van der Waals surface area (Å²) >= 11 is 6.84. The Morgan fingerprint density at radius 2 is 1.62 bits per heavy atom. The third kappa shape index (κ3) is 5.87. The molecule has 5 rings (SSSR count). The van der Waals surface area contributed by atoms with Crippen LogP contribution in [0.2, 0.25) is 0 Å². The molecule has 0 atom stereocenters. The average molecular weight is 526 g/mol. The average Bonchev–Trinajstić information content (AvgIpc) is 3.16. The lowest BCUT2D eigenvalue weighted by Crippen LogP contribution is -2.27. The number of amides is 1. The molecule has 1 saturated heterocycles. The fraction of sp³-hybridized carbons (Fsp3) is 0.161. The summed E-state index contributed by atoms with van der Waals surface area (Å²) in [5.74, 6) is 1.23. The molecule has 4 aromatic rings. The Hall–Kier alpha value is -3.61. The van der Waals surface area contributed by atoms with Gasteiger partial charge in [-0.1, -0.05) is 96.3 Å². The van der Waals surface area contributed by atoms with Gasteiger partial charge in [0.05, 0.1) is 18.1 Å². The van der Waals surface area contributed by atoms with Crippen molar-refractivity contribution in [2.75, 3.05) is 6.61 Å². The second kappa shape index (κ2) is 11.2. The van der Waals surface area contributed by atoms with E-state index in [9.17, 15) is 4.79 Å². The monoisotopic (exact) mass is 525 g/mol. The molecule has 0 radical (unpaired) electrons. The summed E-state index contributed by atoms with van der Waals surface area (Å²) in [6.07, 6.45) is 1.87. The number of fused-ring (bicyclic) bond motifs is 1. The summed E-state index contributed by atoms with van der Waals surface area (Å²) in [6.45, 7) is 5.39. The van der Waals surface area contributed by atoms with Crippen molar-refractivity contribution in [1.82, 2.24) is 4.90 Å². The van der Waals surface area contributed by atoms with Gasteiger partial charge in [-0.25, -0.2) is 0 Å². The fourth-order valence-electron chi connectivity index (χ4n) is 4.16. The molecule has 0 aromatic heterocycles. The molecule has 186 valence electrons. The van der Waals surface area contributed by atoms with E-state index >= 15 is 0 Å². The van der Waals surface area contributed by atoms with Crippen LogP contribution in [0.15, 0.2) is 89.8 Å². The van der Waals surface area contributed by atoms with Crippen molar-refractivity contribution in [3.05, 3.63) is 112 Å². The van der Waals surface area contributed by atoms with Gasteiger partial charge in [0.25, 0.3) is 5.91 Å². The van der Waals surface area contributed by atoms with Crippen LogP contribution in [0, 0.1) is 6.92 Å². The van der Waals surface area contributed by atoms with Gasteiger partial charge in [0.1, 0.15) is 10.9 Å². The first kappa shape index (κ1) is 25.1. The van der Waals surface area contributed by atoms with E-state index in [4.69, 9.17) is 21.7 Å². The Bertz CT molecular complexity index is 1490. The molecule has 0 unspecified atom stereocenters. The number of nitrogens with zero attached hydrogens (tertiary/aromatic N) is 1. The number of rotatable bonds is 8. The zero-order valence-electron chi connectivity index (χ0n) is 20.8. The largest absolute Gasteiger partial charge is 0.490 e. The van der Waals surface area contributed by atoms with Crippen LogP contribution in [-0.2, 0) is 17.9 Å². The Labute approximate surface area is 226 Å². The van der Waals surface area contributed by atoms with E-state index < -0.39 is 0 Å². The van der Waals surface area contributed by atoms with E-state index in [2.05, 4.69) is 30.3 Å². The van der Waals surface area contributed by atoms with Gasteiger partial charge in [-0.2, -0.15) is 0 Å². The van der Waals surface area contributed by atoms with E-state index in [1.165, 1.54) is 28.1 Å². The van der Waals surface area contributed by atoms with Crippen molar-refractivity contribution in [2.45, 2.75) is 27.0 Å². The molecule has 4 aromatic carbocycles. The fourth-order valence-corrected chi connectivity index (χ4v) is 5.41. The summed E-state index contributed by atoms with van der Waals surface area (Å²) < 4.78 is 12.6. The predicted octanol–water partition coefficient (Wildman–Crippen LogP) is 7.53. The minimum Gasteiger partial charge on any atom is -0.490 e. The maximum atomic E-state index is 13.1. The number of hydrogen-bond donors (Lipinski definition) is 0. The highest BCUT2D eigenvalue weighted by Gasteiger charge is 2.32. The van der Waals surface area contributed by atoms with Crippen molar-refractivity contribution in [3.63, 3.8) is 0 Å². The van der Waals surface area contributed by atoms with Crippen LogP contribution in [-0.4, -0.2) is 21.7 Å². The molecule has 0 spiro atoms. The highest BCUT2D eigenvalue weighted by Crippen LogP contribution is 2.36. The molecule has 1 fully saturated rings. The van der Waals surface area contributed by atoms with Crippen molar-refractivity contribution in [2.24, 2.45) is 0 Å². The maximum Gasteiger partial charge on any atom is 0.266 e. The van der Waals surface area contributed by atoms with Crippen LogP contribution >= 0.6 is 24.0 Å². The number of carbonyl (C=O) groups is 1. The lowest BCUT2D eigenvalue weighted by molar-refractivity contribution is -0.122. The van der Waals surface area contributed by atoms with Gasteiger partial charge in [0.2, 0.25) is 0 Å². The first-order valence-electron chi connectivity index (χ1n) is 12.2. The Kier molecular flexibility index (Phi) is 7.58. The van der Waals surface area contributed by atoms with Gasteiger partial charge in [0, 0.05) is 0 Å². The zero-order chi connectivity index (χ0) is 25.8. The van der Waals surface area contributed by atoms with Gasteiger partial charge in [-0.05, 0) is 65.6 Å². The molecule has 0 bridgehead atoms. The number of benzene rings is 4. The van der Waals surface area contributed by atoms with E-state index in [0.717, 1.165) is 16.7 Å². The predicted molar refractivity (Wildman–Crippen MR) is 156 cm³/mol. The quantitative estimate of drug-likeness (QED) is 0.176. The number of ether oxygens (including phenoxy) is 2. The number of hydrogen-bond acceptors (Lipinski definition) is 5. The van der Waals surface area contributed by atoms with Gasteiger partial charge < -0.3 is 9.47 Å². The molecule has 0 N–H and O–H groups in total. The van der Waals surface area contributed by atoms with Crippen LogP contribution in [0.4, 0.5) is 0 Å². The Morgan fingerprint density at radius 1 is 0.865 bits per heavy atom. The highest BCUT2D eigenvalue weighted by molar-refractivity contribution is 8.26. The smallest absolute Gasteiger partial charge is 0.266 e. The molecule has 0 saturated carbocycles. The lowest BCUT2D eigenvalue weighted by Gasteiger charge is -2.14. The van der Waals surface area contributed by atoms with Crippen LogP contribution in [0.25, 0.3) is 16.8 Å². The molecule has 1 heterocycles. The lowest BCUT2D eigenvalue weighted by atomic mass is 10.1. The number of aryl methyl sites for hydroxylation is 1. The topological polar surface area (TPSA) is 38.8 Å². The summed E-state index contributed by atoms with van der Waals surface area (Å²) in [7, 11) is 0. The molecular weight excluding hydrogens is 498 g/mol. The van der Waals surface area contributed by atoms with Crippen LogP contribution in [0.1, 0.15) is 29.2 Å². The van der Waals surface area contributed by atoms with Crippen LogP contribution in [0.5, 0.6) is 11.5 Å². The summed E-state index contributed by atoms with van der Waals surface area (Å²) in [6, 6.07) is 28.5. The molecule has 1 amide bonds. The normalized spacial score (nSPS) is 14.5. The maximum absolute atomic E-state index is 13.1. The third-order valence-corrected chi connectivity index (χ3v) is 7.49. The zero-order valence-corrected chi connectivity index (χ0v) is 22.4. The molecule has 1 aliphatic rings. The third-order valence-electron chi connectivity index (χ3n) is 6.11. The van der Waals surface area contributed by atoms with Crippen molar-refractivity contribution in [1.29, 1.82) is 0 Å². The van der Waals surface area contributed by atoms with E-state index in [1.807, 2.05) is 74.5 Å². The van der Waals surface area contributed by atoms with Crippen molar-refractivity contribution in [3.8, 4) is 11.5 Å². The van der Waals surface area contributed by atoms with Gasteiger partial charge in [-0.3, -0.25) is 9.69 Å². The minimum absolute atomic E-state index is 0.0786. The first-order chi connectivity index (χ1) is 18.0. The molecule has 0 aliphatic carbocycles. The molecule has 1 aliphatic heterocycles. The van der Waals surface area contributed by atoms with Gasteiger partial charge >= 0.3 is 0 Å². The summed E-state index contributed by atoms with van der Waals surface area (Å²) in [5, 5.41) is 2.39. The molecular formula is C31H27NO3S2. The number of carbonyl (C=O) groups excluding carboxylic acids is 1. The Morgan fingerprint density at radius 3 is 2.41 bits per heavy atom. The van der Waals surface area contributed by atoms with Crippen molar-refractivity contribution >= 4 is 51.1 Å². The van der Waals surface area contributed by atoms with Gasteiger partial charge in [-0.15, -0.1) is 0 Å². The van der Waals surface area contributed by atoms with E-state index in [1.54, 1.807) is 4.90 Å². The highest BCUT2D eigenvalue weighted by atomic mass is 32.2. The van der Waals surface area contributed by atoms with E-state index in [0.29, 0.717) is 40.5 Å². The number of thioether (sulfide) groups is 1. The summed E-state index contributed by atoms with van der Waals surface area (Å²) in [5.41, 5.74) is 4.18. The molecule has 37 heavy (non-hydrogen) atoms. The standard InChI is InChI=1S/C31H27NO3S2/c1-3-34-28-17-23(13-15-27(28)35-20-24-12-14-25-6-4-5-7-26(25)16-24)18-29-30(33)32(31(36)37-29)19-22-10-8-21(2)9-11-22/h4-18H,3,19-20H2,1-2H3/b29-18-. The number of thiocarbonyl (C=S) groups is 1. The molecule has 6 heteroatoms. The Balaban J connectivity index is 1.31. The summed E-state index contributed by atoms with van der Waals surface area (Å²) in [4.78, 5) is 15.4.